The number of aliphatic carboxylic acids is 2. The van der Waals surface area contributed by atoms with Crippen LogP contribution in [0.1, 0.15) is 24.2 Å². The summed E-state index contributed by atoms with van der Waals surface area (Å²) in [5, 5.41) is 37.2. The summed E-state index contributed by atoms with van der Waals surface area (Å²) in [6.07, 6.45) is 0. The van der Waals surface area contributed by atoms with Gasteiger partial charge in [0.1, 0.15) is 0 Å². The molecule has 31 heavy (non-hydrogen) atoms. The molecular weight excluding hydrogens is 408 g/mol. The van der Waals surface area contributed by atoms with E-state index in [-0.39, 0.29) is 17.6 Å². The zero-order valence-corrected chi connectivity index (χ0v) is 17.7. The summed E-state index contributed by atoms with van der Waals surface area (Å²) < 4.78 is 2.00. The molecule has 2 unspecified atom stereocenters. The summed E-state index contributed by atoms with van der Waals surface area (Å²) in [4.78, 5) is 36.0. The molecule has 1 aromatic heterocycles. The van der Waals surface area contributed by atoms with Gasteiger partial charge in [-0.25, -0.2) is 9.78 Å². The maximum absolute atomic E-state index is 11.1. The summed E-state index contributed by atoms with van der Waals surface area (Å²) in [7, 11) is 1.95. The van der Waals surface area contributed by atoms with Gasteiger partial charge in [-0.15, -0.1) is 0 Å². The van der Waals surface area contributed by atoms with Crippen molar-refractivity contribution in [3.63, 3.8) is 0 Å². The van der Waals surface area contributed by atoms with Crippen LogP contribution in [0.4, 0.5) is 5.95 Å². The predicted molar refractivity (Wildman–Crippen MR) is 112 cm³/mol. The van der Waals surface area contributed by atoms with Crippen LogP contribution in [0.25, 0.3) is 11.0 Å². The molecule has 0 saturated carbocycles. The van der Waals surface area contributed by atoms with Gasteiger partial charge >= 0.3 is 5.97 Å². The molecule has 1 aromatic carbocycles. The van der Waals surface area contributed by atoms with Crippen molar-refractivity contribution in [1.29, 1.82) is 0 Å². The fourth-order valence-electron chi connectivity index (χ4n) is 4.00. The molecule has 2 saturated heterocycles. The average molecular weight is 436 g/mol. The smallest absolute Gasteiger partial charge is 0.335 e. The zero-order chi connectivity index (χ0) is 23.3. The second kappa shape index (κ2) is 9.75. The Bertz CT molecular complexity index is 954. The summed E-state index contributed by atoms with van der Waals surface area (Å²) in [5.41, 5.74) is 1.76. The molecule has 2 aliphatic heterocycles. The first-order valence-corrected chi connectivity index (χ1v) is 9.66. The van der Waals surface area contributed by atoms with Gasteiger partial charge < -0.3 is 35.2 Å². The average Bonchev–Trinajstić information content (AvgIpc) is 3.31. The SMILES string of the molecule is CC(=O)O.CC(=O)O.Cn1c(N2CC3CNCC3(CO)C2)nc2cc(C(=O)O)ccc21. The topological polar surface area (TPSA) is 165 Å². The van der Waals surface area contributed by atoms with Gasteiger partial charge in [0.05, 0.1) is 23.2 Å². The van der Waals surface area contributed by atoms with Crippen LogP contribution < -0.4 is 10.2 Å². The number of aryl methyl sites for hydroxylation is 1. The lowest BCUT2D eigenvalue weighted by atomic mass is 9.82. The van der Waals surface area contributed by atoms with Crippen molar-refractivity contribution in [3.05, 3.63) is 23.8 Å². The molecule has 0 radical (unpaired) electrons. The fourth-order valence-corrected chi connectivity index (χ4v) is 4.00. The Kier molecular flexibility index (Phi) is 7.58. The van der Waals surface area contributed by atoms with Crippen molar-refractivity contribution >= 4 is 34.9 Å². The Morgan fingerprint density at radius 2 is 1.81 bits per heavy atom. The molecule has 2 fully saturated rings. The van der Waals surface area contributed by atoms with Crippen LogP contribution in [0.3, 0.4) is 0 Å². The number of aliphatic hydroxyl groups excluding tert-OH is 1. The second-order valence-corrected chi connectivity index (χ2v) is 7.75. The molecule has 0 amide bonds. The normalized spacial score (nSPS) is 21.5. The molecule has 170 valence electrons. The highest BCUT2D eigenvalue weighted by molar-refractivity contribution is 5.93. The Morgan fingerprint density at radius 3 is 2.32 bits per heavy atom. The van der Waals surface area contributed by atoms with Crippen LogP contribution in [0.5, 0.6) is 0 Å². The molecule has 0 spiro atoms. The van der Waals surface area contributed by atoms with E-state index in [1.54, 1.807) is 18.2 Å². The van der Waals surface area contributed by atoms with Gasteiger partial charge in [0.15, 0.2) is 0 Å². The number of carboxylic acids is 3. The minimum absolute atomic E-state index is 0.0929. The third-order valence-electron chi connectivity index (χ3n) is 5.38. The monoisotopic (exact) mass is 436 g/mol. The highest BCUT2D eigenvalue weighted by atomic mass is 16.4. The van der Waals surface area contributed by atoms with Crippen LogP contribution in [-0.4, -0.2) is 80.7 Å². The number of aliphatic hydroxyl groups is 1. The molecule has 2 aliphatic rings. The molecule has 2 atom stereocenters. The van der Waals surface area contributed by atoms with Crippen molar-refractivity contribution in [3.8, 4) is 0 Å². The molecule has 11 nitrogen and oxygen atoms in total. The van der Waals surface area contributed by atoms with Crippen molar-refractivity contribution in [2.24, 2.45) is 18.4 Å². The number of imidazole rings is 1. The van der Waals surface area contributed by atoms with Crippen LogP contribution >= 0.6 is 0 Å². The van der Waals surface area contributed by atoms with Crippen LogP contribution in [-0.2, 0) is 16.6 Å². The first-order chi connectivity index (χ1) is 14.5. The van der Waals surface area contributed by atoms with Gasteiger partial charge in [0.25, 0.3) is 11.9 Å². The number of carbonyl (C=O) groups is 3. The summed E-state index contributed by atoms with van der Waals surface area (Å²) in [5.74, 6) is -1.35. The highest BCUT2D eigenvalue weighted by Gasteiger charge is 2.50. The first-order valence-electron chi connectivity index (χ1n) is 9.66. The maximum Gasteiger partial charge on any atom is 0.335 e. The first kappa shape index (κ1) is 24.1. The molecule has 2 aromatic rings. The number of rotatable bonds is 3. The quantitative estimate of drug-likeness (QED) is 0.456. The van der Waals surface area contributed by atoms with Crippen molar-refractivity contribution in [2.75, 3.05) is 37.7 Å². The van der Waals surface area contributed by atoms with E-state index in [2.05, 4.69) is 15.2 Å². The Morgan fingerprint density at radius 1 is 1.19 bits per heavy atom. The van der Waals surface area contributed by atoms with Crippen LogP contribution in [0.15, 0.2) is 18.2 Å². The Hall–Kier alpha value is -3.18. The third-order valence-corrected chi connectivity index (χ3v) is 5.38. The molecule has 5 N–H and O–H groups in total. The van der Waals surface area contributed by atoms with E-state index in [4.69, 9.17) is 24.9 Å². The standard InChI is InChI=1S/C16H20N4O3.2C2H4O2/c1-19-13-3-2-10(14(22)23)4-12(13)18-15(19)20-6-11-5-17-7-16(11,8-20)9-21;2*1-2(3)4/h2-4,11,17,21H,5-9H2,1H3,(H,22,23);2*1H3,(H,3,4). The molecular formula is C20H28N4O7. The highest BCUT2D eigenvalue weighted by Crippen LogP contribution is 2.40. The number of carboxylic acid groups (broad SMARTS) is 3. The van der Waals surface area contributed by atoms with Gasteiger partial charge in [0.2, 0.25) is 5.95 Å². The van der Waals surface area contributed by atoms with E-state index in [0.29, 0.717) is 11.4 Å². The Labute approximate surface area is 178 Å². The second-order valence-electron chi connectivity index (χ2n) is 7.75. The summed E-state index contributed by atoms with van der Waals surface area (Å²) in [6.45, 7) is 5.72. The van der Waals surface area contributed by atoms with E-state index in [1.165, 1.54) is 0 Å². The predicted octanol–water partition coefficient (Wildman–Crippen LogP) is 0.471. The molecule has 0 aliphatic carbocycles. The van der Waals surface area contributed by atoms with Crippen molar-refractivity contribution in [2.45, 2.75) is 13.8 Å². The van der Waals surface area contributed by atoms with Crippen molar-refractivity contribution in [1.82, 2.24) is 14.9 Å². The number of nitrogens with one attached hydrogen (secondary N) is 1. The minimum atomic E-state index is -0.944. The number of aromatic nitrogens is 2. The van der Waals surface area contributed by atoms with E-state index in [0.717, 1.165) is 51.5 Å². The number of benzene rings is 1. The molecule has 3 heterocycles. The van der Waals surface area contributed by atoms with E-state index in [9.17, 15) is 9.90 Å². The summed E-state index contributed by atoms with van der Waals surface area (Å²) >= 11 is 0. The van der Waals surface area contributed by atoms with Crippen LogP contribution in [0.2, 0.25) is 0 Å². The van der Waals surface area contributed by atoms with Gasteiger partial charge in [-0.2, -0.15) is 0 Å². The lowest BCUT2D eigenvalue weighted by Crippen LogP contribution is -2.36. The number of anilines is 1. The number of fused-ring (bicyclic) bond motifs is 2. The third kappa shape index (κ3) is 5.50. The van der Waals surface area contributed by atoms with Crippen molar-refractivity contribution < 1.29 is 34.8 Å². The van der Waals surface area contributed by atoms with Gasteiger partial charge in [-0.3, -0.25) is 9.59 Å². The molecule has 0 bridgehead atoms. The van der Waals surface area contributed by atoms with Gasteiger partial charge in [-0.05, 0) is 24.1 Å². The lowest BCUT2D eigenvalue weighted by molar-refractivity contribution is -0.135. The lowest BCUT2D eigenvalue weighted by Gasteiger charge is -2.25. The van der Waals surface area contributed by atoms with Crippen LogP contribution in [0, 0.1) is 11.3 Å². The van der Waals surface area contributed by atoms with Gasteiger partial charge in [0, 0.05) is 52.5 Å². The van der Waals surface area contributed by atoms with E-state index in [1.807, 2.05) is 11.6 Å². The van der Waals surface area contributed by atoms with E-state index >= 15 is 0 Å². The number of hydrogen-bond donors (Lipinski definition) is 5. The maximum atomic E-state index is 11.1. The number of nitrogens with zero attached hydrogens (tertiary/aromatic N) is 3. The Balaban J connectivity index is 0.000000370. The zero-order valence-electron chi connectivity index (χ0n) is 17.7. The van der Waals surface area contributed by atoms with E-state index < -0.39 is 17.9 Å². The molecule has 4 rings (SSSR count). The number of hydrogen-bond acceptors (Lipinski definition) is 7. The molecule has 11 heteroatoms. The minimum Gasteiger partial charge on any atom is -0.481 e. The fraction of sp³-hybridized carbons (Fsp3) is 0.500. The largest absolute Gasteiger partial charge is 0.481 e. The summed E-state index contributed by atoms with van der Waals surface area (Å²) in [6, 6.07) is 5.02. The number of aromatic carboxylic acids is 1. The van der Waals surface area contributed by atoms with Gasteiger partial charge in [-0.1, -0.05) is 0 Å².